The lowest BCUT2D eigenvalue weighted by Crippen LogP contribution is -2.25. The first kappa shape index (κ1) is 15.3. The molecule has 0 aliphatic heterocycles. The van der Waals surface area contributed by atoms with Gasteiger partial charge in [-0.25, -0.2) is 0 Å². The summed E-state index contributed by atoms with van der Waals surface area (Å²) in [6, 6.07) is 8.75. The molecule has 0 spiro atoms. The van der Waals surface area contributed by atoms with Gasteiger partial charge < -0.3 is 5.32 Å². The van der Waals surface area contributed by atoms with Gasteiger partial charge in [0.2, 0.25) is 0 Å². The van der Waals surface area contributed by atoms with E-state index in [1.54, 1.807) is 0 Å². The lowest BCUT2D eigenvalue weighted by molar-refractivity contribution is 0.519. The van der Waals surface area contributed by atoms with Gasteiger partial charge in [0.25, 0.3) is 0 Å². The number of aryl methyl sites for hydroxylation is 2. The SMILES string of the molecule is CCCn1nccc1C(NCC)c1cc(Br)ccc1C. The van der Waals surface area contributed by atoms with E-state index in [0.29, 0.717) is 0 Å². The molecule has 4 heteroatoms. The molecule has 0 amide bonds. The first-order chi connectivity index (χ1) is 9.67. The van der Waals surface area contributed by atoms with Crippen LogP contribution in [-0.4, -0.2) is 16.3 Å². The quantitative estimate of drug-likeness (QED) is 0.862. The van der Waals surface area contributed by atoms with Crippen LogP contribution in [0.3, 0.4) is 0 Å². The highest BCUT2D eigenvalue weighted by Crippen LogP contribution is 2.27. The van der Waals surface area contributed by atoms with Crippen LogP contribution in [0.4, 0.5) is 0 Å². The first-order valence-corrected chi connectivity index (χ1v) is 7.97. The molecule has 3 nitrogen and oxygen atoms in total. The minimum absolute atomic E-state index is 0.187. The molecule has 20 heavy (non-hydrogen) atoms. The molecule has 108 valence electrons. The summed E-state index contributed by atoms with van der Waals surface area (Å²) in [4.78, 5) is 0. The molecule has 1 aromatic heterocycles. The predicted octanol–water partition coefficient (Wildman–Crippen LogP) is 4.06. The Hall–Kier alpha value is -1.13. The molecule has 0 aliphatic carbocycles. The van der Waals surface area contributed by atoms with Gasteiger partial charge in [-0.05, 0) is 49.2 Å². The van der Waals surface area contributed by atoms with Crippen LogP contribution in [0.1, 0.15) is 43.1 Å². The van der Waals surface area contributed by atoms with Crippen LogP contribution in [0.2, 0.25) is 0 Å². The normalized spacial score (nSPS) is 12.6. The van der Waals surface area contributed by atoms with E-state index >= 15 is 0 Å². The van der Waals surface area contributed by atoms with Crippen LogP contribution in [0.15, 0.2) is 34.9 Å². The van der Waals surface area contributed by atoms with Crippen LogP contribution in [-0.2, 0) is 6.54 Å². The molecule has 2 rings (SSSR count). The fourth-order valence-electron chi connectivity index (χ4n) is 2.49. The fraction of sp³-hybridized carbons (Fsp3) is 0.438. The molecular formula is C16H22BrN3. The van der Waals surface area contributed by atoms with Crippen molar-refractivity contribution in [2.24, 2.45) is 0 Å². The van der Waals surface area contributed by atoms with Crippen molar-refractivity contribution in [1.29, 1.82) is 0 Å². The summed E-state index contributed by atoms with van der Waals surface area (Å²) in [5.41, 5.74) is 3.83. The minimum Gasteiger partial charge on any atom is -0.305 e. The smallest absolute Gasteiger partial charge is 0.0751 e. The van der Waals surface area contributed by atoms with Crippen molar-refractivity contribution in [2.45, 2.75) is 39.8 Å². The van der Waals surface area contributed by atoms with Crippen molar-refractivity contribution >= 4 is 15.9 Å². The number of benzene rings is 1. The molecule has 0 saturated carbocycles. The van der Waals surface area contributed by atoms with Crippen molar-refractivity contribution in [3.8, 4) is 0 Å². The summed E-state index contributed by atoms with van der Waals surface area (Å²) in [5, 5.41) is 8.04. The molecule has 0 radical (unpaired) electrons. The Balaban J connectivity index is 2.44. The maximum absolute atomic E-state index is 4.45. The van der Waals surface area contributed by atoms with Crippen LogP contribution in [0.5, 0.6) is 0 Å². The van der Waals surface area contributed by atoms with Crippen molar-refractivity contribution < 1.29 is 0 Å². The van der Waals surface area contributed by atoms with Crippen molar-refractivity contribution in [2.75, 3.05) is 6.54 Å². The van der Waals surface area contributed by atoms with Gasteiger partial charge in [0.1, 0.15) is 0 Å². The van der Waals surface area contributed by atoms with Gasteiger partial charge in [0, 0.05) is 17.2 Å². The van der Waals surface area contributed by atoms with E-state index in [9.17, 15) is 0 Å². The average Bonchev–Trinajstić information content (AvgIpc) is 2.88. The Morgan fingerprint density at radius 2 is 2.10 bits per heavy atom. The molecule has 1 N–H and O–H groups in total. The second-order valence-corrected chi connectivity index (χ2v) is 5.89. The summed E-state index contributed by atoms with van der Waals surface area (Å²) < 4.78 is 3.22. The van der Waals surface area contributed by atoms with Gasteiger partial charge in [0.05, 0.1) is 11.7 Å². The van der Waals surface area contributed by atoms with Gasteiger partial charge in [0.15, 0.2) is 0 Å². The van der Waals surface area contributed by atoms with Crippen LogP contribution < -0.4 is 5.32 Å². The molecule has 0 fully saturated rings. The van der Waals surface area contributed by atoms with Gasteiger partial charge in [-0.3, -0.25) is 4.68 Å². The van der Waals surface area contributed by atoms with Gasteiger partial charge in [-0.15, -0.1) is 0 Å². The summed E-state index contributed by atoms with van der Waals surface area (Å²) in [6.45, 7) is 8.36. The number of nitrogens with zero attached hydrogens (tertiary/aromatic N) is 2. The van der Waals surface area contributed by atoms with Crippen molar-refractivity contribution in [1.82, 2.24) is 15.1 Å². The van der Waals surface area contributed by atoms with E-state index < -0.39 is 0 Å². The number of hydrogen-bond donors (Lipinski definition) is 1. The number of hydrogen-bond acceptors (Lipinski definition) is 2. The highest BCUT2D eigenvalue weighted by molar-refractivity contribution is 9.10. The summed E-state index contributed by atoms with van der Waals surface area (Å²) in [6.07, 6.45) is 2.98. The van der Waals surface area contributed by atoms with E-state index in [1.165, 1.54) is 16.8 Å². The lowest BCUT2D eigenvalue weighted by atomic mass is 9.98. The van der Waals surface area contributed by atoms with Gasteiger partial charge in [-0.1, -0.05) is 35.8 Å². The second kappa shape index (κ2) is 7.04. The molecule has 1 atom stereocenters. The van der Waals surface area contributed by atoms with E-state index in [1.807, 2.05) is 6.20 Å². The van der Waals surface area contributed by atoms with E-state index in [0.717, 1.165) is 24.0 Å². The molecule has 1 unspecified atom stereocenters. The maximum Gasteiger partial charge on any atom is 0.0751 e. The molecule has 0 aliphatic rings. The zero-order chi connectivity index (χ0) is 14.5. The third-order valence-electron chi connectivity index (χ3n) is 3.44. The van der Waals surface area contributed by atoms with Gasteiger partial charge >= 0.3 is 0 Å². The molecular weight excluding hydrogens is 314 g/mol. The monoisotopic (exact) mass is 335 g/mol. The molecule has 2 aromatic rings. The van der Waals surface area contributed by atoms with Crippen LogP contribution in [0.25, 0.3) is 0 Å². The van der Waals surface area contributed by atoms with Crippen LogP contribution in [0, 0.1) is 6.92 Å². The fourth-order valence-corrected chi connectivity index (χ4v) is 2.87. The molecule has 0 bridgehead atoms. The summed E-state index contributed by atoms with van der Waals surface area (Å²) >= 11 is 3.58. The van der Waals surface area contributed by atoms with Gasteiger partial charge in [-0.2, -0.15) is 5.10 Å². The van der Waals surface area contributed by atoms with Crippen LogP contribution >= 0.6 is 15.9 Å². The Morgan fingerprint density at radius 3 is 2.80 bits per heavy atom. The third-order valence-corrected chi connectivity index (χ3v) is 3.93. The maximum atomic E-state index is 4.45. The Bertz CT molecular complexity index is 563. The number of halogens is 1. The number of aromatic nitrogens is 2. The topological polar surface area (TPSA) is 29.9 Å². The Kier molecular flexibility index (Phi) is 5.38. The molecule has 0 saturated heterocycles. The first-order valence-electron chi connectivity index (χ1n) is 7.18. The Morgan fingerprint density at radius 1 is 1.30 bits per heavy atom. The average molecular weight is 336 g/mol. The lowest BCUT2D eigenvalue weighted by Gasteiger charge is -2.22. The zero-order valence-corrected chi connectivity index (χ0v) is 13.9. The molecule has 1 heterocycles. The van der Waals surface area contributed by atoms with Crippen molar-refractivity contribution in [3.63, 3.8) is 0 Å². The summed E-state index contributed by atoms with van der Waals surface area (Å²) in [5.74, 6) is 0. The molecule has 1 aromatic carbocycles. The highest BCUT2D eigenvalue weighted by Gasteiger charge is 2.19. The van der Waals surface area contributed by atoms with E-state index in [4.69, 9.17) is 0 Å². The zero-order valence-electron chi connectivity index (χ0n) is 12.4. The summed E-state index contributed by atoms with van der Waals surface area (Å²) in [7, 11) is 0. The highest BCUT2D eigenvalue weighted by atomic mass is 79.9. The largest absolute Gasteiger partial charge is 0.305 e. The second-order valence-electron chi connectivity index (χ2n) is 4.97. The third kappa shape index (κ3) is 3.30. The predicted molar refractivity (Wildman–Crippen MR) is 86.9 cm³/mol. The number of nitrogens with one attached hydrogen (secondary N) is 1. The van der Waals surface area contributed by atoms with E-state index in [-0.39, 0.29) is 6.04 Å². The van der Waals surface area contributed by atoms with Crippen molar-refractivity contribution in [3.05, 3.63) is 51.8 Å². The minimum atomic E-state index is 0.187. The standard InChI is InChI=1S/C16H22BrN3/c1-4-10-20-15(8-9-19-20)16(18-5-2)14-11-13(17)7-6-12(14)3/h6-9,11,16,18H,4-5,10H2,1-3H3. The number of rotatable bonds is 6. The van der Waals surface area contributed by atoms with E-state index in [2.05, 4.69) is 76.1 Å². The Labute approximate surface area is 129 Å².